The number of carbonyl (C=O) groups excluding carboxylic acids is 5. The summed E-state index contributed by atoms with van der Waals surface area (Å²) in [5, 5.41) is 4.58. The molecule has 1 aliphatic carbocycles. The standard InChI is InChI=1S/C17H25N3O6/c1-3-10(2)18-17(25)19-13(21)9-26-14(22)8-20-15(23)11-6-4-5-7-12(11)16(20)24/h10-12H,3-9H2,1-2H3,(H2,18,19,21,25)/t10-,11-,12+/m1/s1. The van der Waals surface area contributed by atoms with Crippen molar-refractivity contribution in [2.75, 3.05) is 13.2 Å². The molecule has 144 valence electrons. The van der Waals surface area contributed by atoms with Crippen molar-refractivity contribution in [1.82, 2.24) is 15.5 Å². The van der Waals surface area contributed by atoms with E-state index in [2.05, 4.69) is 5.32 Å². The molecule has 2 N–H and O–H groups in total. The molecular formula is C17H25N3O6. The van der Waals surface area contributed by atoms with Crippen molar-refractivity contribution in [3.8, 4) is 0 Å². The van der Waals surface area contributed by atoms with Crippen LogP contribution in [0.3, 0.4) is 0 Å². The number of imide groups is 2. The van der Waals surface area contributed by atoms with Crippen molar-refractivity contribution in [1.29, 1.82) is 0 Å². The molecule has 2 aliphatic rings. The monoisotopic (exact) mass is 367 g/mol. The van der Waals surface area contributed by atoms with Gasteiger partial charge in [-0.05, 0) is 26.2 Å². The summed E-state index contributed by atoms with van der Waals surface area (Å²) in [4.78, 5) is 60.4. The fraction of sp³-hybridized carbons (Fsp3) is 0.706. The van der Waals surface area contributed by atoms with Crippen LogP contribution in [0.4, 0.5) is 4.79 Å². The number of esters is 1. The van der Waals surface area contributed by atoms with E-state index in [0.29, 0.717) is 19.3 Å². The summed E-state index contributed by atoms with van der Waals surface area (Å²) in [5.74, 6) is -2.99. The van der Waals surface area contributed by atoms with E-state index in [9.17, 15) is 24.0 Å². The zero-order chi connectivity index (χ0) is 19.3. The third-order valence-electron chi connectivity index (χ3n) is 4.83. The molecule has 2 rings (SSSR count). The largest absolute Gasteiger partial charge is 0.454 e. The second-order valence-electron chi connectivity index (χ2n) is 6.75. The van der Waals surface area contributed by atoms with Crippen molar-refractivity contribution in [3.63, 3.8) is 0 Å². The Labute approximate surface area is 151 Å². The van der Waals surface area contributed by atoms with Gasteiger partial charge < -0.3 is 10.1 Å². The van der Waals surface area contributed by atoms with Crippen LogP contribution in [0.1, 0.15) is 46.0 Å². The van der Waals surface area contributed by atoms with Crippen molar-refractivity contribution < 1.29 is 28.7 Å². The van der Waals surface area contributed by atoms with Gasteiger partial charge in [0.2, 0.25) is 11.8 Å². The number of nitrogens with zero attached hydrogens (tertiary/aromatic N) is 1. The first-order chi connectivity index (χ1) is 12.3. The quantitative estimate of drug-likeness (QED) is 0.515. The highest BCUT2D eigenvalue weighted by Gasteiger charge is 2.48. The van der Waals surface area contributed by atoms with Gasteiger partial charge in [0.15, 0.2) is 6.61 Å². The summed E-state index contributed by atoms with van der Waals surface area (Å²) in [6, 6.07) is -0.768. The highest BCUT2D eigenvalue weighted by atomic mass is 16.5. The minimum absolute atomic E-state index is 0.0962. The van der Waals surface area contributed by atoms with Crippen LogP contribution in [0, 0.1) is 11.8 Å². The van der Waals surface area contributed by atoms with Gasteiger partial charge in [-0.2, -0.15) is 0 Å². The van der Waals surface area contributed by atoms with Crippen LogP contribution in [-0.2, 0) is 23.9 Å². The molecule has 0 unspecified atom stereocenters. The molecule has 3 atom stereocenters. The first kappa shape index (κ1) is 19.9. The van der Waals surface area contributed by atoms with E-state index in [4.69, 9.17) is 4.74 Å². The Bertz CT molecular complexity index is 581. The number of likely N-dealkylation sites (tertiary alicyclic amines) is 1. The lowest BCUT2D eigenvalue weighted by Crippen LogP contribution is -2.45. The Morgan fingerprint density at radius 3 is 2.27 bits per heavy atom. The fourth-order valence-corrected chi connectivity index (χ4v) is 3.23. The Balaban J connectivity index is 1.76. The zero-order valence-corrected chi connectivity index (χ0v) is 15.1. The SMILES string of the molecule is CC[C@@H](C)NC(=O)NC(=O)COC(=O)CN1C(=O)[C@H]2CCCC[C@H]2C1=O. The maximum atomic E-state index is 12.3. The molecule has 0 spiro atoms. The predicted octanol–water partition coefficient (Wildman–Crippen LogP) is 0.329. The van der Waals surface area contributed by atoms with Crippen LogP contribution in [-0.4, -0.2) is 53.8 Å². The number of urea groups is 1. The molecule has 0 aromatic carbocycles. The van der Waals surface area contributed by atoms with E-state index >= 15 is 0 Å². The molecule has 9 nitrogen and oxygen atoms in total. The van der Waals surface area contributed by atoms with Gasteiger partial charge in [0, 0.05) is 6.04 Å². The van der Waals surface area contributed by atoms with E-state index in [1.54, 1.807) is 6.92 Å². The molecule has 1 heterocycles. The third kappa shape index (κ3) is 4.80. The lowest BCUT2D eigenvalue weighted by molar-refractivity contribution is -0.154. The number of hydrogen-bond acceptors (Lipinski definition) is 6. The molecule has 0 aromatic rings. The van der Waals surface area contributed by atoms with Gasteiger partial charge >= 0.3 is 12.0 Å². The maximum absolute atomic E-state index is 12.3. The number of rotatable bonds is 6. The fourth-order valence-electron chi connectivity index (χ4n) is 3.23. The lowest BCUT2D eigenvalue weighted by atomic mass is 9.81. The van der Waals surface area contributed by atoms with Gasteiger partial charge in [0.05, 0.1) is 11.8 Å². The number of amides is 5. The number of fused-ring (bicyclic) bond motifs is 1. The minimum atomic E-state index is -0.858. The summed E-state index contributed by atoms with van der Waals surface area (Å²) in [6.45, 7) is 2.50. The Morgan fingerprint density at radius 2 is 1.73 bits per heavy atom. The number of ether oxygens (including phenoxy) is 1. The van der Waals surface area contributed by atoms with Crippen LogP contribution < -0.4 is 10.6 Å². The third-order valence-corrected chi connectivity index (χ3v) is 4.83. The molecule has 26 heavy (non-hydrogen) atoms. The van der Waals surface area contributed by atoms with Gasteiger partial charge in [-0.25, -0.2) is 4.79 Å². The molecular weight excluding hydrogens is 342 g/mol. The minimum Gasteiger partial charge on any atom is -0.454 e. The first-order valence-electron chi connectivity index (χ1n) is 8.94. The molecule has 0 aromatic heterocycles. The van der Waals surface area contributed by atoms with Crippen molar-refractivity contribution in [2.24, 2.45) is 11.8 Å². The Morgan fingerprint density at radius 1 is 1.15 bits per heavy atom. The van der Waals surface area contributed by atoms with Crippen molar-refractivity contribution >= 4 is 29.7 Å². The number of hydrogen-bond donors (Lipinski definition) is 2. The van der Waals surface area contributed by atoms with E-state index < -0.39 is 31.1 Å². The van der Waals surface area contributed by atoms with E-state index in [-0.39, 0.29) is 29.7 Å². The van der Waals surface area contributed by atoms with E-state index in [1.165, 1.54) is 0 Å². The average molecular weight is 367 g/mol. The smallest absolute Gasteiger partial charge is 0.326 e. The van der Waals surface area contributed by atoms with Gasteiger partial charge in [-0.3, -0.25) is 29.4 Å². The predicted molar refractivity (Wildman–Crippen MR) is 89.6 cm³/mol. The summed E-state index contributed by atoms with van der Waals surface area (Å²) < 4.78 is 4.77. The Kier molecular flexibility index (Phi) is 6.70. The van der Waals surface area contributed by atoms with Crippen LogP contribution >= 0.6 is 0 Å². The molecule has 5 amide bonds. The molecule has 2 fully saturated rings. The van der Waals surface area contributed by atoms with Crippen LogP contribution in [0.5, 0.6) is 0 Å². The van der Waals surface area contributed by atoms with E-state index in [0.717, 1.165) is 17.7 Å². The first-order valence-corrected chi connectivity index (χ1v) is 8.94. The van der Waals surface area contributed by atoms with Crippen molar-refractivity contribution in [2.45, 2.75) is 52.0 Å². The van der Waals surface area contributed by atoms with Gasteiger partial charge in [-0.1, -0.05) is 19.8 Å². The average Bonchev–Trinajstić information content (AvgIpc) is 2.85. The second kappa shape index (κ2) is 8.77. The van der Waals surface area contributed by atoms with Crippen LogP contribution in [0.2, 0.25) is 0 Å². The summed E-state index contributed by atoms with van der Waals surface area (Å²) in [7, 11) is 0. The summed E-state index contributed by atoms with van der Waals surface area (Å²) in [6.07, 6.45) is 3.83. The highest BCUT2D eigenvalue weighted by molar-refractivity contribution is 6.07. The molecule has 0 bridgehead atoms. The van der Waals surface area contributed by atoms with Crippen molar-refractivity contribution in [3.05, 3.63) is 0 Å². The maximum Gasteiger partial charge on any atom is 0.326 e. The molecule has 1 saturated carbocycles. The van der Waals surface area contributed by atoms with Crippen LogP contribution in [0.15, 0.2) is 0 Å². The zero-order valence-electron chi connectivity index (χ0n) is 15.1. The molecule has 1 saturated heterocycles. The normalized spacial score (nSPS) is 23.2. The Hall–Kier alpha value is -2.45. The van der Waals surface area contributed by atoms with E-state index in [1.807, 2.05) is 12.2 Å². The van der Waals surface area contributed by atoms with Gasteiger partial charge in [0.1, 0.15) is 6.54 Å². The lowest BCUT2D eigenvalue weighted by Gasteiger charge is -2.19. The summed E-state index contributed by atoms with van der Waals surface area (Å²) >= 11 is 0. The highest BCUT2D eigenvalue weighted by Crippen LogP contribution is 2.37. The summed E-state index contributed by atoms with van der Waals surface area (Å²) in [5.41, 5.74) is 0. The van der Waals surface area contributed by atoms with Crippen LogP contribution in [0.25, 0.3) is 0 Å². The van der Waals surface area contributed by atoms with Gasteiger partial charge in [0.25, 0.3) is 5.91 Å². The molecule has 0 radical (unpaired) electrons. The number of carbonyl (C=O) groups is 5. The molecule has 1 aliphatic heterocycles. The molecule has 9 heteroatoms. The topological polar surface area (TPSA) is 122 Å². The number of nitrogens with one attached hydrogen (secondary N) is 2. The second-order valence-corrected chi connectivity index (χ2v) is 6.75. The van der Waals surface area contributed by atoms with Gasteiger partial charge in [-0.15, -0.1) is 0 Å².